The molecule has 1 heterocycles. The molecule has 200 valence electrons. The van der Waals surface area contributed by atoms with E-state index in [0.29, 0.717) is 46.7 Å². The van der Waals surface area contributed by atoms with Crippen LogP contribution in [0.1, 0.15) is 53.4 Å². The molecule has 4 rings (SSSR count). The van der Waals surface area contributed by atoms with Gasteiger partial charge in [-0.2, -0.15) is 0 Å². The van der Waals surface area contributed by atoms with E-state index in [1.807, 2.05) is 48.5 Å². The van der Waals surface area contributed by atoms with Crippen molar-refractivity contribution in [1.82, 2.24) is 10.2 Å². The van der Waals surface area contributed by atoms with Crippen LogP contribution in [-0.2, 0) is 15.6 Å². The minimum atomic E-state index is -3.51. The summed E-state index contributed by atoms with van der Waals surface area (Å²) < 4.78 is 26.0. The minimum Gasteiger partial charge on any atom is -0.352 e. The van der Waals surface area contributed by atoms with Crippen LogP contribution in [-0.4, -0.2) is 38.9 Å². The number of hydrogen-bond donors (Lipinski definition) is 1. The Hall–Kier alpha value is -2.64. The highest BCUT2D eigenvalue weighted by Gasteiger charge is 2.31. The summed E-state index contributed by atoms with van der Waals surface area (Å²) in [4.78, 5) is 14.7. The van der Waals surface area contributed by atoms with Gasteiger partial charge in [0.2, 0.25) is 0 Å². The van der Waals surface area contributed by atoms with Gasteiger partial charge in [-0.3, -0.25) is 9.69 Å². The van der Waals surface area contributed by atoms with Crippen molar-refractivity contribution in [3.63, 3.8) is 0 Å². The van der Waals surface area contributed by atoms with Gasteiger partial charge in [-0.15, -0.1) is 0 Å². The second-order valence-corrected chi connectivity index (χ2v) is 12.6. The Morgan fingerprint density at radius 2 is 1.55 bits per heavy atom. The molecule has 1 unspecified atom stereocenters. The largest absolute Gasteiger partial charge is 0.352 e. The number of carbonyl (C=O) groups is 1. The van der Waals surface area contributed by atoms with E-state index in [-0.39, 0.29) is 17.7 Å². The lowest BCUT2D eigenvalue weighted by Crippen LogP contribution is -2.43. The molecule has 0 radical (unpaired) electrons. The van der Waals surface area contributed by atoms with E-state index in [4.69, 9.17) is 23.2 Å². The third-order valence-electron chi connectivity index (χ3n) is 6.76. The van der Waals surface area contributed by atoms with Crippen LogP contribution in [0.3, 0.4) is 0 Å². The molecule has 1 fully saturated rings. The Kier molecular flexibility index (Phi) is 9.32. The first kappa shape index (κ1) is 28.4. The Balaban J connectivity index is 1.44. The van der Waals surface area contributed by atoms with Gasteiger partial charge in [0.15, 0.2) is 9.84 Å². The molecule has 3 aromatic carbocycles. The highest BCUT2D eigenvalue weighted by atomic mass is 35.5. The van der Waals surface area contributed by atoms with Gasteiger partial charge in [0.25, 0.3) is 5.91 Å². The van der Waals surface area contributed by atoms with Crippen LogP contribution in [0.15, 0.2) is 83.8 Å². The van der Waals surface area contributed by atoms with Gasteiger partial charge in [0, 0.05) is 40.7 Å². The van der Waals surface area contributed by atoms with Crippen molar-refractivity contribution in [2.75, 3.05) is 19.6 Å². The van der Waals surface area contributed by atoms with Crippen LogP contribution in [0.2, 0.25) is 10.0 Å². The topological polar surface area (TPSA) is 66.5 Å². The lowest BCUT2D eigenvalue weighted by Gasteiger charge is -2.41. The van der Waals surface area contributed by atoms with E-state index >= 15 is 0 Å². The number of nitrogens with zero attached hydrogens (tertiary/aromatic N) is 1. The van der Waals surface area contributed by atoms with Crippen molar-refractivity contribution in [3.8, 4) is 0 Å². The summed E-state index contributed by atoms with van der Waals surface area (Å²) in [7, 11) is -3.51. The molecule has 1 atom stereocenters. The predicted molar refractivity (Wildman–Crippen MR) is 155 cm³/mol. The van der Waals surface area contributed by atoms with Crippen molar-refractivity contribution >= 4 is 38.9 Å². The van der Waals surface area contributed by atoms with Crippen molar-refractivity contribution in [3.05, 3.63) is 116 Å². The number of amides is 1. The van der Waals surface area contributed by atoms with Crippen molar-refractivity contribution < 1.29 is 13.2 Å². The predicted octanol–water partition coefficient (Wildman–Crippen LogP) is 6.67. The molecule has 0 aromatic heterocycles. The molecule has 1 saturated heterocycles. The zero-order valence-corrected chi connectivity index (χ0v) is 23.9. The fraction of sp³-hybridized carbons (Fsp3) is 0.300. The zero-order valence-electron chi connectivity index (χ0n) is 21.5. The summed E-state index contributed by atoms with van der Waals surface area (Å²) in [6.45, 7) is 5.81. The SMILES string of the molecule is CCC(C)CNC(=O)c1cccc(CS(=O)(=O)C=C2CN(C(c3ccc(Cl)cc3)c3ccc(Cl)cc3)C2)c1. The lowest BCUT2D eigenvalue weighted by molar-refractivity contribution is 0.0947. The Labute approximate surface area is 235 Å². The number of carbonyl (C=O) groups excluding carboxylic acids is 1. The van der Waals surface area contributed by atoms with E-state index in [0.717, 1.165) is 23.1 Å². The molecular weight excluding hydrogens is 539 g/mol. The van der Waals surface area contributed by atoms with Crippen LogP contribution < -0.4 is 5.32 Å². The quantitative estimate of drug-likeness (QED) is 0.295. The first-order valence-corrected chi connectivity index (χ1v) is 15.1. The second-order valence-electron chi connectivity index (χ2n) is 9.92. The van der Waals surface area contributed by atoms with Gasteiger partial charge in [-0.05, 0) is 64.6 Å². The molecular formula is C30H32Cl2N2O3S. The molecule has 3 aromatic rings. The maximum atomic E-state index is 13.0. The molecule has 0 spiro atoms. The normalized spacial score (nSPS) is 14.7. The maximum Gasteiger partial charge on any atom is 0.251 e. The monoisotopic (exact) mass is 570 g/mol. The lowest BCUT2D eigenvalue weighted by atomic mass is 9.93. The van der Waals surface area contributed by atoms with E-state index in [9.17, 15) is 13.2 Å². The smallest absolute Gasteiger partial charge is 0.251 e. The minimum absolute atomic E-state index is 0.0463. The van der Waals surface area contributed by atoms with Crippen molar-refractivity contribution in [2.45, 2.75) is 32.1 Å². The second kappa shape index (κ2) is 12.5. The van der Waals surface area contributed by atoms with E-state index in [1.54, 1.807) is 24.3 Å². The molecule has 1 N–H and O–H groups in total. The molecule has 5 nitrogen and oxygen atoms in total. The van der Waals surface area contributed by atoms with Gasteiger partial charge in [-0.1, -0.05) is 79.9 Å². The molecule has 0 saturated carbocycles. The van der Waals surface area contributed by atoms with Crippen LogP contribution in [0.4, 0.5) is 0 Å². The third kappa shape index (κ3) is 7.48. The average Bonchev–Trinajstić information content (AvgIpc) is 2.87. The summed E-state index contributed by atoms with van der Waals surface area (Å²) in [6, 6.07) is 22.2. The first-order chi connectivity index (χ1) is 18.1. The van der Waals surface area contributed by atoms with Crippen LogP contribution >= 0.6 is 23.2 Å². The molecule has 1 aliphatic rings. The average molecular weight is 572 g/mol. The molecule has 0 aliphatic carbocycles. The van der Waals surface area contributed by atoms with E-state index in [1.165, 1.54) is 5.41 Å². The van der Waals surface area contributed by atoms with Crippen LogP contribution in [0, 0.1) is 5.92 Å². The van der Waals surface area contributed by atoms with Gasteiger partial charge < -0.3 is 5.32 Å². The molecule has 38 heavy (non-hydrogen) atoms. The number of rotatable bonds is 10. The number of sulfone groups is 1. The summed E-state index contributed by atoms with van der Waals surface area (Å²) in [5, 5.41) is 5.63. The summed E-state index contributed by atoms with van der Waals surface area (Å²) in [5.74, 6) is 0.0453. The Morgan fingerprint density at radius 1 is 0.974 bits per heavy atom. The molecule has 1 amide bonds. The number of hydrogen-bond acceptors (Lipinski definition) is 4. The Bertz CT molecular complexity index is 1350. The standard InChI is InChI=1S/C30H32Cl2N2O3S/c1-3-21(2)16-33-30(35)26-6-4-5-22(15-26)19-38(36,37)20-23-17-34(18-23)29(24-7-11-27(31)12-8-24)25-9-13-28(32)14-10-25/h4-15,20-21,29H,3,16-19H2,1-2H3,(H,33,35). The number of benzene rings is 3. The number of nitrogens with one attached hydrogen (secondary N) is 1. The summed E-state index contributed by atoms with van der Waals surface area (Å²) in [5.41, 5.74) is 4.05. The van der Waals surface area contributed by atoms with Gasteiger partial charge in [0.1, 0.15) is 0 Å². The van der Waals surface area contributed by atoms with Gasteiger partial charge >= 0.3 is 0 Å². The molecule has 8 heteroatoms. The van der Waals surface area contributed by atoms with E-state index < -0.39 is 9.84 Å². The first-order valence-electron chi connectivity index (χ1n) is 12.7. The maximum absolute atomic E-state index is 13.0. The van der Waals surface area contributed by atoms with Gasteiger partial charge in [-0.25, -0.2) is 8.42 Å². The van der Waals surface area contributed by atoms with Crippen molar-refractivity contribution in [2.24, 2.45) is 5.92 Å². The molecule has 0 bridgehead atoms. The third-order valence-corrected chi connectivity index (χ3v) is 8.69. The summed E-state index contributed by atoms with van der Waals surface area (Å²) in [6.07, 6.45) is 0.977. The Morgan fingerprint density at radius 3 is 2.11 bits per heavy atom. The number of halogens is 2. The number of likely N-dealkylation sites (tertiary alicyclic amines) is 1. The van der Waals surface area contributed by atoms with Gasteiger partial charge in [0.05, 0.1) is 11.8 Å². The molecule has 1 aliphatic heterocycles. The highest BCUT2D eigenvalue weighted by molar-refractivity contribution is 7.93. The highest BCUT2D eigenvalue weighted by Crippen LogP contribution is 2.35. The van der Waals surface area contributed by atoms with E-state index in [2.05, 4.69) is 24.1 Å². The van der Waals surface area contributed by atoms with Crippen LogP contribution in [0.25, 0.3) is 0 Å². The fourth-order valence-electron chi connectivity index (χ4n) is 4.48. The summed E-state index contributed by atoms with van der Waals surface area (Å²) >= 11 is 12.2. The fourth-order valence-corrected chi connectivity index (χ4v) is 6.12. The zero-order chi connectivity index (χ0) is 27.3. The van der Waals surface area contributed by atoms with Crippen molar-refractivity contribution in [1.29, 1.82) is 0 Å². The van der Waals surface area contributed by atoms with Crippen LogP contribution in [0.5, 0.6) is 0 Å².